The number of carbonyl (C=O) groups excluding carboxylic acids is 1. The number of H-pyrrole nitrogens is 1. The van der Waals surface area contributed by atoms with Gasteiger partial charge in [-0.1, -0.05) is 12.1 Å². The van der Waals surface area contributed by atoms with E-state index < -0.39 is 5.60 Å². The van der Waals surface area contributed by atoms with Crippen molar-refractivity contribution in [2.24, 2.45) is 0 Å². The van der Waals surface area contributed by atoms with Gasteiger partial charge in [0, 0.05) is 30.3 Å². The highest BCUT2D eigenvalue weighted by Gasteiger charge is 2.40. The molecule has 0 aliphatic carbocycles. The van der Waals surface area contributed by atoms with E-state index in [2.05, 4.69) is 21.5 Å². The SMILES string of the molecule is O=C(CN1CCC(O)(c2cn[nH]n2)C1)N1CCSc2ccccc21. The molecular weight excluding hydrogens is 326 g/mol. The van der Waals surface area contributed by atoms with E-state index in [-0.39, 0.29) is 5.91 Å². The zero-order valence-electron chi connectivity index (χ0n) is 13.2. The van der Waals surface area contributed by atoms with Crippen LogP contribution in [-0.4, -0.2) is 63.3 Å². The van der Waals surface area contributed by atoms with E-state index in [9.17, 15) is 9.90 Å². The first-order chi connectivity index (χ1) is 11.7. The van der Waals surface area contributed by atoms with Crippen LogP contribution >= 0.6 is 11.8 Å². The molecule has 0 bridgehead atoms. The molecule has 8 heteroatoms. The van der Waals surface area contributed by atoms with Crippen LogP contribution in [0.1, 0.15) is 12.1 Å². The van der Waals surface area contributed by atoms with Gasteiger partial charge in [-0.25, -0.2) is 0 Å². The number of thioether (sulfide) groups is 1. The zero-order chi connectivity index (χ0) is 16.6. The minimum absolute atomic E-state index is 0.0761. The van der Waals surface area contributed by atoms with Crippen molar-refractivity contribution in [2.75, 3.05) is 36.8 Å². The number of para-hydroxylation sites is 1. The van der Waals surface area contributed by atoms with E-state index in [0.29, 0.717) is 31.7 Å². The Bertz CT molecular complexity index is 738. The maximum atomic E-state index is 12.8. The fraction of sp³-hybridized carbons (Fsp3) is 0.438. The second kappa shape index (κ2) is 6.19. The largest absolute Gasteiger partial charge is 0.382 e. The summed E-state index contributed by atoms with van der Waals surface area (Å²) in [6, 6.07) is 8.01. The number of rotatable bonds is 3. The fourth-order valence-corrected chi connectivity index (χ4v) is 4.34. The molecule has 1 saturated heterocycles. The van der Waals surface area contributed by atoms with Crippen LogP contribution in [0.25, 0.3) is 0 Å². The Morgan fingerprint density at radius 3 is 3.08 bits per heavy atom. The lowest BCUT2D eigenvalue weighted by molar-refractivity contribution is -0.119. The Morgan fingerprint density at radius 1 is 1.38 bits per heavy atom. The number of hydrogen-bond donors (Lipinski definition) is 2. The number of anilines is 1. The molecule has 2 aromatic rings. The van der Waals surface area contributed by atoms with E-state index in [4.69, 9.17) is 0 Å². The molecule has 1 aromatic heterocycles. The molecule has 2 aliphatic heterocycles. The third-order valence-electron chi connectivity index (χ3n) is 4.61. The average molecular weight is 345 g/mol. The molecule has 0 spiro atoms. The molecule has 2 aliphatic rings. The van der Waals surface area contributed by atoms with Crippen LogP contribution < -0.4 is 4.90 Å². The van der Waals surface area contributed by atoms with Crippen molar-refractivity contribution in [1.82, 2.24) is 20.3 Å². The minimum Gasteiger partial charge on any atom is -0.382 e. The van der Waals surface area contributed by atoms with Gasteiger partial charge in [0.15, 0.2) is 0 Å². The molecule has 2 N–H and O–H groups in total. The summed E-state index contributed by atoms with van der Waals surface area (Å²) in [6.45, 7) is 2.09. The number of likely N-dealkylation sites (tertiary alicyclic amines) is 1. The Kier molecular flexibility index (Phi) is 4.03. The summed E-state index contributed by atoms with van der Waals surface area (Å²) in [7, 11) is 0. The van der Waals surface area contributed by atoms with Crippen molar-refractivity contribution in [3.63, 3.8) is 0 Å². The lowest BCUT2D eigenvalue weighted by atomic mass is 10.0. The molecule has 1 amide bonds. The number of aromatic amines is 1. The monoisotopic (exact) mass is 345 g/mol. The highest BCUT2D eigenvalue weighted by atomic mass is 32.2. The van der Waals surface area contributed by atoms with Gasteiger partial charge in [0.2, 0.25) is 5.91 Å². The van der Waals surface area contributed by atoms with Gasteiger partial charge in [0.1, 0.15) is 11.3 Å². The average Bonchev–Trinajstić information content (AvgIpc) is 3.25. The molecule has 1 atom stereocenters. The summed E-state index contributed by atoms with van der Waals surface area (Å²) in [6.07, 6.45) is 2.10. The first-order valence-electron chi connectivity index (χ1n) is 7.99. The van der Waals surface area contributed by atoms with E-state index in [0.717, 1.165) is 22.9 Å². The van der Waals surface area contributed by atoms with Gasteiger partial charge >= 0.3 is 0 Å². The number of benzene rings is 1. The number of hydrogen-bond acceptors (Lipinski definition) is 6. The summed E-state index contributed by atoms with van der Waals surface area (Å²) in [5, 5.41) is 21.0. The molecule has 1 unspecified atom stereocenters. The number of carbonyl (C=O) groups is 1. The lowest BCUT2D eigenvalue weighted by Crippen LogP contribution is -2.43. The van der Waals surface area contributed by atoms with Crippen molar-refractivity contribution in [2.45, 2.75) is 16.9 Å². The second-order valence-corrected chi connectivity index (χ2v) is 7.35. The van der Waals surface area contributed by atoms with Crippen LogP contribution in [0, 0.1) is 0 Å². The number of aromatic nitrogens is 3. The van der Waals surface area contributed by atoms with E-state index in [1.54, 1.807) is 18.0 Å². The molecule has 7 nitrogen and oxygen atoms in total. The highest BCUT2D eigenvalue weighted by molar-refractivity contribution is 7.99. The maximum absolute atomic E-state index is 12.8. The number of β-amino-alcohol motifs (C(OH)–C–C–N with tert-alkyl or cyclic N) is 1. The molecule has 126 valence electrons. The molecule has 4 rings (SSSR count). The maximum Gasteiger partial charge on any atom is 0.241 e. The molecule has 3 heterocycles. The Morgan fingerprint density at radius 2 is 2.25 bits per heavy atom. The molecule has 1 aromatic carbocycles. The van der Waals surface area contributed by atoms with Crippen LogP contribution in [0.4, 0.5) is 5.69 Å². The van der Waals surface area contributed by atoms with Gasteiger partial charge in [0.05, 0.1) is 18.4 Å². The summed E-state index contributed by atoms with van der Waals surface area (Å²) < 4.78 is 0. The molecule has 0 radical (unpaired) electrons. The standard InChI is InChI=1S/C16H19N5O2S/c22-15(21-7-8-24-13-4-2-1-3-12(13)21)10-20-6-5-16(23,11-20)14-9-17-19-18-14/h1-4,9,23H,5-8,10-11H2,(H,17,18,19). The Balaban J connectivity index is 1.45. The second-order valence-electron chi connectivity index (χ2n) is 6.21. The summed E-state index contributed by atoms with van der Waals surface area (Å²) in [5.74, 6) is 0.984. The smallest absolute Gasteiger partial charge is 0.241 e. The topological polar surface area (TPSA) is 85.3 Å². The number of aliphatic hydroxyl groups is 1. The van der Waals surface area contributed by atoms with Gasteiger partial charge in [0.25, 0.3) is 0 Å². The summed E-state index contributed by atoms with van der Waals surface area (Å²) >= 11 is 1.78. The zero-order valence-corrected chi connectivity index (χ0v) is 14.0. The minimum atomic E-state index is -1.02. The van der Waals surface area contributed by atoms with Gasteiger partial charge in [-0.15, -0.1) is 11.8 Å². The quantitative estimate of drug-likeness (QED) is 0.857. The van der Waals surface area contributed by atoms with Crippen LogP contribution in [0.3, 0.4) is 0 Å². The van der Waals surface area contributed by atoms with Crippen molar-refractivity contribution in [3.8, 4) is 0 Å². The molecule has 0 saturated carbocycles. The lowest BCUT2D eigenvalue weighted by Gasteiger charge is -2.30. The molecule has 1 fully saturated rings. The number of nitrogens with zero attached hydrogens (tertiary/aromatic N) is 4. The number of fused-ring (bicyclic) bond motifs is 1. The van der Waals surface area contributed by atoms with Crippen LogP contribution in [0.2, 0.25) is 0 Å². The third-order valence-corrected chi connectivity index (χ3v) is 5.65. The normalized spacial score (nSPS) is 24.1. The number of nitrogens with one attached hydrogen (secondary N) is 1. The summed E-state index contributed by atoms with van der Waals surface area (Å²) in [5.41, 5.74) is 0.505. The fourth-order valence-electron chi connectivity index (χ4n) is 3.35. The Hall–Kier alpha value is -1.90. The Labute approximate surface area is 144 Å². The van der Waals surface area contributed by atoms with Crippen LogP contribution in [-0.2, 0) is 10.4 Å². The van der Waals surface area contributed by atoms with Crippen molar-refractivity contribution >= 4 is 23.4 Å². The first-order valence-corrected chi connectivity index (χ1v) is 8.97. The molecular formula is C16H19N5O2S. The highest BCUT2D eigenvalue weighted by Crippen LogP contribution is 2.35. The van der Waals surface area contributed by atoms with E-state index in [1.807, 2.05) is 28.0 Å². The van der Waals surface area contributed by atoms with Crippen LogP contribution in [0.5, 0.6) is 0 Å². The van der Waals surface area contributed by atoms with Crippen molar-refractivity contribution < 1.29 is 9.90 Å². The van der Waals surface area contributed by atoms with Gasteiger partial charge < -0.3 is 10.0 Å². The van der Waals surface area contributed by atoms with E-state index in [1.165, 1.54) is 0 Å². The first kappa shape index (κ1) is 15.6. The van der Waals surface area contributed by atoms with Gasteiger partial charge in [-0.2, -0.15) is 15.4 Å². The number of amides is 1. The van der Waals surface area contributed by atoms with E-state index >= 15 is 0 Å². The van der Waals surface area contributed by atoms with Crippen molar-refractivity contribution in [1.29, 1.82) is 0 Å². The van der Waals surface area contributed by atoms with Gasteiger partial charge in [-0.05, 0) is 18.6 Å². The predicted molar refractivity (Wildman–Crippen MR) is 90.9 cm³/mol. The predicted octanol–water partition coefficient (Wildman–Crippen LogP) is 0.837. The van der Waals surface area contributed by atoms with Crippen LogP contribution in [0.15, 0.2) is 35.4 Å². The van der Waals surface area contributed by atoms with Crippen molar-refractivity contribution in [3.05, 3.63) is 36.2 Å². The molecule has 24 heavy (non-hydrogen) atoms. The third kappa shape index (κ3) is 2.81. The van der Waals surface area contributed by atoms with Gasteiger partial charge in [-0.3, -0.25) is 9.69 Å². The summed E-state index contributed by atoms with van der Waals surface area (Å²) in [4.78, 5) is 17.8.